The summed E-state index contributed by atoms with van der Waals surface area (Å²) in [4.78, 5) is 24.8. The molecule has 0 radical (unpaired) electrons. The number of rotatable bonds is 4. The smallest absolute Gasteiger partial charge is 0.271 e. The van der Waals surface area contributed by atoms with Gasteiger partial charge in [-0.3, -0.25) is 20.4 Å². The van der Waals surface area contributed by atoms with Crippen LogP contribution in [-0.2, 0) is 4.79 Å². The fourth-order valence-electron chi connectivity index (χ4n) is 2.16. The van der Waals surface area contributed by atoms with E-state index < -0.39 is 5.91 Å². The number of hydrazine groups is 1. The molecule has 6 nitrogen and oxygen atoms in total. The molecule has 0 saturated heterocycles. The van der Waals surface area contributed by atoms with Crippen LogP contribution in [0, 0.1) is 0 Å². The Kier molecular flexibility index (Phi) is 6.13. The molecule has 9 heteroatoms. The summed E-state index contributed by atoms with van der Waals surface area (Å²) in [5, 5.41) is 0.617. The van der Waals surface area contributed by atoms with E-state index in [0.29, 0.717) is 29.7 Å². The first-order valence-electron chi connectivity index (χ1n) is 7.59. The summed E-state index contributed by atoms with van der Waals surface area (Å²) in [6.07, 6.45) is 0. The molecule has 2 amide bonds. The maximum Gasteiger partial charge on any atom is 0.271 e. The number of benzene rings is 2. The second-order valence-electron chi connectivity index (χ2n) is 5.22. The van der Waals surface area contributed by atoms with Gasteiger partial charge in [0.25, 0.3) is 5.91 Å². The van der Waals surface area contributed by atoms with Crippen LogP contribution in [-0.4, -0.2) is 30.8 Å². The van der Waals surface area contributed by atoms with Crippen molar-refractivity contribution in [1.29, 1.82) is 0 Å². The molecule has 0 aromatic heterocycles. The van der Waals surface area contributed by atoms with E-state index in [0.717, 1.165) is 4.90 Å². The summed E-state index contributed by atoms with van der Waals surface area (Å²) in [5.74, 6) is 0.552. The van der Waals surface area contributed by atoms with Gasteiger partial charge in [-0.2, -0.15) is 0 Å². The van der Waals surface area contributed by atoms with Crippen molar-refractivity contribution < 1.29 is 19.1 Å². The second-order valence-corrected chi connectivity index (χ2v) is 7.11. The maximum absolute atomic E-state index is 12.1. The Morgan fingerprint density at radius 1 is 1.00 bits per heavy atom. The SMILES string of the molecule is O=C(CSc1ccc2c(c1)OCCO2)NNC(=O)c1cc(Cl)ccc1Cl. The van der Waals surface area contributed by atoms with Gasteiger partial charge in [-0.05, 0) is 36.4 Å². The van der Waals surface area contributed by atoms with Gasteiger partial charge in [0.05, 0.1) is 16.3 Å². The van der Waals surface area contributed by atoms with Crippen molar-refractivity contribution in [2.24, 2.45) is 0 Å². The van der Waals surface area contributed by atoms with Gasteiger partial charge in [0.1, 0.15) is 13.2 Å². The standard InChI is InChI=1S/C17H14Cl2N2O4S/c18-10-1-3-13(19)12(7-10)17(23)21-20-16(22)9-26-11-2-4-14-15(8-11)25-6-5-24-14/h1-4,7-8H,5-6,9H2,(H,20,22)(H,21,23). The van der Waals surface area contributed by atoms with Gasteiger partial charge in [0.15, 0.2) is 11.5 Å². The molecule has 0 saturated carbocycles. The van der Waals surface area contributed by atoms with Crippen molar-refractivity contribution in [2.75, 3.05) is 19.0 Å². The molecule has 1 aliphatic rings. The van der Waals surface area contributed by atoms with E-state index in [-0.39, 0.29) is 22.2 Å². The normalized spacial score (nSPS) is 12.4. The lowest BCUT2D eigenvalue weighted by Crippen LogP contribution is -2.42. The third-order valence-corrected chi connectivity index (χ3v) is 4.93. The summed E-state index contributed by atoms with van der Waals surface area (Å²) in [6.45, 7) is 1.03. The predicted octanol–water partition coefficient (Wildman–Crippen LogP) is 3.32. The first-order chi connectivity index (χ1) is 12.5. The summed E-state index contributed by atoms with van der Waals surface area (Å²) >= 11 is 13.1. The highest BCUT2D eigenvalue weighted by molar-refractivity contribution is 8.00. The molecule has 136 valence electrons. The summed E-state index contributed by atoms with van der Waals surface area (Å²) in [6, 6.07) is 9.97. The van der Waals surface area contributed by atoms with Gasteiger partial charge in [-0.25, -0.2) is 0 Å². The van der Waals surface area contributed by atoms with Crippen LogP contribution in [0.25, 0.3) is 0 Å². The van der Waals surface area contributed by atoms with Crippen LogP contribution in [0.3, 0.4) is 0 Å². The minimum Gasteiger partial charge on any atom is -0.486 e. The molecule has 1 aliphatic heterocycles. The zero-order valence-electron chi connectivity index (χ0n) is 13.4. The number of amides is 2. The van der Waals surface area contributed by atoms with Crippen molar-refractivity contribution in [3.8, 4) is 11.5 Å². The zero-order chi connectivity index (χ0) is 18.5. The quantitative estimate of drug-likeness (QED) is 0.594. The van der Waals surface area contributed by atoms with E-state index in [1.165, 1.54) is 23.9 Å². The zero-order valence-corrected chi connectivity index (χ0v) is 15.7. The molecule has 0 fully saturated rings. The Bertz CT molecular complexity index is 848. The number of carbonyl (C=O) groups is 2. The Morgan fingerprint density at radius 3 is 2.58 bits per heavy atom. The Labute approximate surface area is 164 Å². The monoisotopic (exact) mass is 412 g/mol. The predicted molar refractivity (Wildman–Crippen MR) is 100 cm³/mol. The highest BCUT2D eigenvalue weighted by Crippen LogP contribution is 2.34. The van der Waals surface area contributed by atoms with Crippen LogP contribution in [0.2, 0.25) is 10.0 Å². The fraction of sp³-hybridized carbons (Fsp3) is 0.176. The molecule has 0 aliphatic carbocycles. The third-order valence-electron chi connectivity index (χ3n) is 3.37. The number of carbonyl (C=O) groups excluding carboxylic acids is 2. The molecule has 2 aromatic rings. The number of halogens is 2. The Balaban J connectivity index is 1.50. The van der Waals surface area contributed by atoms with Gasteiger partial charge in [0.2, 0.25) is 5.91 Å². The van der Waals surface area contributed by atoms with E-state index in [2.05, 4.69) is 10.9 Å². The molecule has 26 heavy (non-hydrogen) atoms. The minimum atomic E-state index is -0.546. The van der Waals surface area contributed by atoms with Crippen LogP contribution >= 0.6 is 35.0 Å². The molecular weight excluding hydrogens is 399 g/mol. The Morgan fingerprint density at radius 2 is 1.77 bits per heavy atom. The largest absolute Gasteiger partial charge is 0.486 e. The van der Waals surface area contributed by atoms with Gasteiger partial charge in [-0.15, -0.1) is 11.8 Å². The molecule has 0 atom stereocenters. The van der Waals surface area contributed by atoms with Crippen molar-refractivity contribution in [3.63, 3.8) is 0 Å². The average molecular weight is 413 g/mol. The average Bonchev–Trinajstić information content (AvgIpc) is 2.66. The molecule has 3 rings (SSSR count). The third kappa shape index (κ3) is 4.75. The lowest BCUT2D eigenvalue weighted by atomic mass is 10.2. The van der Waals surface area contributed by atoms with Crippen LogP contribution in [0.1, 0.15) is 10.4 Å². The fourth-order valence-corrected chi connectivity index (χ4v) is 3.26. The topological polar surface area (TPSA) is 76.7 Å². The van der Waals surface area contributed by atoms with E-state index in [1.807, 2.05) is 12.1 Å². The van der Waals surface area contributed by atoms with Crippen molar-refractivity contribution in [2.45, 2.75) is 4.90 Å². The lowest BCUT2D eigenvalue weighted by Gasteiger charge is -2.18. The Hall–Kier alpha value is -2.09. The van der Waals surface area contributed by atoms with Crippen molar-refractivity contribution in [3.05, 3.63) is 52.0 Å². The minimum absolute atomic E-state index is 0.114. The maximum atomic E-state index is 12.1. The van der Waals surface area contributed by atoms with E-state index in [1.54, 1.807) is 12.1 Å². The van der Waals surface area contributed by atoms with E-state index in [4.69, 9.17) is 32.7 Å². The number of nitrogens with one attached hydrogen (secondary N) is 2. The summed E-state index contributed by atoms with van der Waals surface area (Å²) < 4.78 is 10.9. The first kappa shape index (κ1) is 18.7. The van der Waals surface area contributed by atoms with E-state index in [9.17, 15) is 9.59 Å². The van der Waals surface area contributed by atoms with Gasteiger partial charge in [-0.1, -0.05) is 23.2 Å². The first-order valence-corrected chi connectivity index (χ1v) is 9.34. The highest BCUT2D eigenvalue weighted by atomic mass is 35.5. The molecule has 0 spiro atoms. The highest BCUT2D eigenvalue weighted by Gasteiger charge is 2.14. The second kappa shape index (κ2) is 8.53. The summed E-state index contributed by atoms with van der Waals surface area (Å²) in [7, 11) is 0. The van der Waals surface area contributed by atoms with Crippen molar-refractivity contribution >= 4 is 46.8 Å². The molecule has 0 bridgehead atoms. The van der Waals surface area contributed by atoms with Crippen LogP contribution in [0.15, 0.2) is 41.3 Å². The summed E-state index contributed by atoms with van der Waals surface area (Å²) in [5.41, 5.74) is 4.84. The van der Waals surface area contributed by atoms with Crippen molar-refractivity contribution in [1.82, 2.24) is 10.9 Å². The molecular formula is C17H14Cl2N2O4S. The van der Waals surface area contributed by atoms with Crippen LogP contribution in [0.4, 0.5) is 0 Å². The molecule has 2 aromatic carbocycles. The number of ether oxygens (including phenoxy) is 2. The molecule has 2 N–H and O–H groups in total. The lowest BCUT2D eigenvalue weighted by molar-refractivity contribution is -0.119. The number of thioether (sulfide) groups is 1. The van der Waals surface area contributed by atoms with Gasteiger partial charge < -0.3 is 9.47 Å². The van der Waals surface area contributed by atoms with E-state index >= 15 is 0 Å². The van der Waals surface area contributed by atoms with Gasteiger partial charge >= 0.3 is 0 Å². The van der Waals surface area contributed by atoms with Crippen LogP contribution in [0.5, 0.6) is 11.5 Å². The van der Waals surface area contributed by atoms with Crippen LogP contribution < -0.4 is 20.3 Å². The number of hydrogen-bond acceptors (Lipinski definition) is 5. The number of fused-ring (bicyclic) bond motifs is 1. The van der Waals surface area contributed by atoms with Gasteiger partial charge in [0, 0.05) is 9.92 Å². The molecule has 0 unspecified atom stereocenters. The molecule has 1 heterocycles. The number of hydrogen-bond donors (Lipinski definition) is 2.